The molecule has 0 saturated heterocycles. The highest BCUT2D eigenvalue weighted by Crippen LogP contribution is 2.31. The predicted octanol–water partition coefficient (Wildman–Crippen LogP) is 4.10. The number of carbonyl (C=O) groups is 2. The molecule has 5 nitrogen and oxygen atoms in total. The Hall–Kier alpha value is -2.82. The fraction of sp³-hybridized carbons (Fsp3) is 0.391. The summed E-state index contributed by atoms with van der Waals surface area (Å²) in [6.07, 6.45) is 1.23. The summed E-state index contributed by atoms with van der Waals surface area (Å²) in [5.74, 6) is 1.03. The minimum atomic E-state index is -0.0932. The summed E-state index contributed by atoms with van der Waals surface area (Å²) in [5, 5.41) is 3.11. The van der Waals surface area contributed by atoms with Gasteiger partial charge in [-0.25, -0.2) is 0 Å². The van der Waals surface area contributed by atoms with Crippen molar-refractivity contribution in [1.82, 2.24) is 5.32 Å². The highest BCUT2D eigenvalue weighted by molar-refractivity contribution is 5.97. The third-order valence-corrected chi connectivity index (χ3v) is 4.84. The summed E-state index contributed by atoms with van der Waals surface area (Å²) in [6.45, 7) is 5.26. The van der Waals surface area contributed by atoms with Gasteiger partial charge in [0.15, 0.2) is 0 Å². The van der Waals surface area contributed by atoms with Crippen molar-refractivity contribution >= 4 is 17.5 Å². The lowest BCUT2D eigenvalue weighted by atomic mass is 9.97. The van der Waals surface area contributed by atoms with Gasteiger partial charge in [0.1, 0.15) is 12.4 Å². The van der Waals surface area contributed by atoms with Crippen LogP contribution in [-0.4, -0.2) is 25.0 Å². The van der Waals surface area contributed by atoms with E-state index in [9.17, 15) is 9.59 Å². The molecule has 0 saturated carbocycles. The Bertz CT molecular complexity index is 805. The smallest absolute Gasteiger partial charge is 0.227 e. The number of para-hydroxylation sites is 2. The van der Waals surface area contributed by atoms with Crippen LogP contribution < -0.4 is 15.0 Å². The quantitative estimate of drug-likeness (QED) is 0.787. The molecule has 1 atom stereocenters. The van der Waals surface area contributed by atoms with Crippen molar-refractivity contribution in [3.63, 3.8) is 0 Å². The first-order valence-corrected chi connectivity index (χ1v) is 9.91. The van der Waals surface area contributed by atoms with E-state index in [1.165, 1.54) is 0 Å². The van der Waals surface area contributed by atoms with Gasteiger partial charge < -0.3 is 15.0 Å². The van der Waals surface area contributed by atoms with E-state index in [0.29, 0.717) is 24.8 Å². The fourth-order valence-corrected chi connectivity index (χ4v) is 3.49. The van der Waals surface area contributed by atoms with Crippen LogP contribution in [0.2, 0.25) is 0 Å². The monoisotopic (exact) mass is 380 g/mol. The molecule has 1 N–H and O–H groups in total. The maximum Gasteiger partial charge on any atom is 0.227 e. The molecule has 5 heteroatoms. The first-order valence-electron chi connectivity index (χ1n) is 9.91. The lowest BCUT2D eigenvalue weighted by molar-refractivity contribution is -0.125. The Kier molecular flexibility index (Phi) is 6.69. The Morgan fingerprint density at radius 1 is 1.04 bits per heavy atom. The second-order valence-electron chi connectivity index (χ2n) is 7.52. The Morgan fingerprint density at radius 3 is 2.50 bits per heavy atom. The van der Waals surface area contributed by atoms with E-state index < -0.39 is 0 Å². The SMILES string of the molecule is CC(C)CC(NC(=O)CCC(=O)N1CCOc2ccccc21)c1ccccc1. The molecule has 148 valence electrons. The highest BCUT2D eigenvalue weighted by atomic mass is 16.5. The summed E-state index contributed by atoms with van der Waals surface area (Å²) in [7, 11) is 0. The average Bonchev–Trinajstić information content (AvgIpc) is 2.71. The van der Waals surface area contributed by atoms with Crippen LogP contribution in [0.15, 0.2) is 54.6 Å². The number of amides is 2. The van der Waals surface area contributed by atoms with Crippen LogP contribution in [-0.2, 0) is 9.59 Å². The van der Waals surface area contributed by atoms with Gasteiger partial charge in [-0.2, -0.15) is 0 Å². The fourth-order valence-electron chi connectivity index (χ4n) is 3.49. The largest absolute Gasteiger partial charge is 0.490 e. The van der Waals surface area contributed by atoms with Gasteiger partial charge in [0.2, 0.25) is 11.8 Å². The third-order valence-electron chi connectivity index (χ3n) is 4.84. The van der Waals surface area contributed by atoms with Gasteiger partial charge in [0.05, 0.1) is 18.3 Å². The summed E-state index contributed by atoms with van der Waals surface area (Å²) in [6, 6.07) is 17.5. The van der Waals surface area contributed by atoms with Crippen molar-refractivity contribution in [2.75, 3.05) is 18.1 Å². The zero-order chi connectivity index (χ0) is 19.9. The van der Waals surface area contributed by atoms with Crippen molar-refractivity contribution in [1.29, 1.82) is 0 Å². The number of ether oxygens (including phenoxy) is 1. The zero-order valence-corrected chi connectivity index (χ0v) is 16.6. The number of nitrogens with one attached hydrogen (secondary N) is 1. The summed E-state index contributed by atoms with van der Waals surface area (Å²) >= 11 is 0. The molecule has 0 bridgehead atoms. The molecule has 0 aliphatic carbocycles. The van der Waals surface area contributed by atoms with Crippen molar-refractivity contribution < 1.29 is 14.3 Å². The van der Waals surface area contributed by atoms with Gasteiger partial charge in [0.25, 0.3) is 0 Å². The van der Waals surface area contributed by atoms with Crippen molar-refractivity contribution in [2.45, 2.75) is 39.2 Å². The van der Waals surface area contributed by atoms with E-state index in [4.69, 9.17) is 4.74 Å². The molecule has 1 heterocycles. The molecule has 1 aliphatic rings. The molecule has 3 rings (SSSR count). The van der Waals surface area contributed by atoms with Crippen LogP contribution >= 0.6 is 0 Å². The average molecular weight is 380 g/mol. The number of nitrogens with zero attached hydrogens (tertiary/aromatic N) is 1. The Morgan fingerprint density at radius 2 is 1.75 bits per heavy atom. The second-order valence-corrected chi connectivity index (χ2v) is 7.52. The molecule has 0 radical (unpaired) electrons. The minimum absolute atomic E-state index is 0.0343. The van der Waals surface area contributed by atoms with Gasteiger partial charge >= 0.3 is 0 Å². The first-order chi connectivity index (χ1) is 13.5. The van der Waals surface area contributed by atoms with Gasteiger partial charge in [-0.1, -0.05) is 56.3 Å². The van der Waals surface area contributed by atoms with Crippen LogP contribution in [0.5, 0.6) is 5.75 Å². The van der Waals surface area contributed by atoms with Crippen LogP contribution in [0, 0.1) is 5.92 Å². The normalized spacial score (nSPS) is 14.2. The summed E-state index contributed by atoms with van der Waals surface area (Å²) < 4.78 is 5.59. The lowest BCUT2D eigenvalue weighted by Gasteiger charge is -2.29. The maximum absolute atomic E-state index is 12.7. The van der Waals surface area contributed by atoms with Crippen molar-refractivity contribution in [2.24, 2.45) is 5.92 Å². The number of hydrogen-bond donors (Lipinski definition) is 1. The summed E-state index contributed by atoms with van der Waals surface area (Å²) in [4.78, 5) is 26.9. The molecule has 0 fully saturated rings. The zero-order valence-electron chi connectivity index (χ0n) is 16.6. The molecule has 1 aliphatic heterocycles. The molecule has 2 amide bonds. The van der Waals surface area contributed by atoms with Gasteiger partial charge in [-0.05, 0) is 30.0 Å². The Balaban J connectivity index is 1.58. The van der Waals surface area contributed by atoms with Crippen LogP contribution in [0.4, 0.5) is 5.69 Å². The van der Waals surface area contributed by atoms with Gasteiger partial charge in [-0.3, -0.25) is 9.59 Å². The Labute approximate surface area is 166 Å². The minimum Gasteiger partial charge on any atom is -0.490 e. The molecule has 1 unspecified atom stereocenters. The molecule has 28 heavy (non-hydrogen) atoms. The van der Waals surface area contributed by atoms with E-state index in [-0.39, 0.29) is 30.7 Å². The topological polar surface area (TPSA) is 58.6 Å². The highest BCUT2D eigenvalue weighted by Gasteiger charge is 2.24. The van der Waals surface area contributed by atoms with Crippen LogP contribution in [0.3, 0.4) is 0 Å². The van der Waals surface area contributed by atoms with E-state index in [1.54, 1.807) is 4.90 Å². The van der Waals surface area contributed by atoms with E-state index in [0.717, 1.165) is 17.7 Å². The number of benzene rings is 2. The first kappa shape index (κ1) is 19.9. The van der Waals surface area contributed by atoms with E-state index in [1.807, 2.05) is 54.6 Å². The number of rotatable bonds is 7. The second kappa shape index (κ2) is 9.40. The summed E-state index contributed by atoms with van der Waals surface area (Å²) in [5.41, 5.74) is 1.87. The van der Waals surface area contributed by atoms with Crippen LogP contribution in [0.25, 0.3) is 0 Å². The third kappa shape index (κ3) is 5.12. The number of fused-ring (bicyclic) bond motifs is 1. The number of hydrogen-bond acceptors (Lipinski definition) is 3. The number of carbonyl (C=O) groups excluding carboxylic acids is 2. The number of anilines is 1. The molecule has 2 aromatic rings. The van der Waals surface area contributed by atoms with Gasteiger partial charge in [-0.15, -0.1) is 0 Å². The van der Waals surface area contributed by atoms with Crippen LogP contribution in [0.1, 0.15) is 44.7 Å². The maximum atomic E-state index is 12.7. The van der Waals surface area contributed by atoms with E-state index in [2.05, 4.69) is 19.2 Å². The van der Waals surface area contributed by atoms with Gasteiger partial charge in [0, 0.05) is 12.8 Å². The molecule has 0 spiro atoms. The van der Waals surface area contributed by atoms with E-state index >= 15 is 0 Å². The lowest BCUT2D eigenvalue weighted by Crippen LogP contribution is -2.38. The van der Waals surface area contributed by atoms with Crippen molar-refractivity contribution in [3.05, 3.63) is 60.2 Å². The molecule has 2 aromatic carbocycles. The standard InChI is InChI=1S/C23H28N2O3/c1-17(2)16-19(18-8-4-3-5-9-18)24-22(26)12-13-23(27)25-14-15-28-21-11-7-6-10-20(21)25/h3-11,17,19H,12-16H2,1-2H3,(H,24,26). The molecular formula is C23H28N2O3. The molecule has 0 aromatic heterocycles. The van der Waals surface area contributed by atoms with Crippen molar-refractivity contribution in [3.8, 4) is 5.75 Å². The molecular weight excluding hydrogens is 352 g/mol. The predicted molar refractivity (Wildman–Crippen MR) is 110 cm³/mol.